The predicted molar refractivity (Wildman–Crippen MR) is 63.5 cm³/mol. The topological polar surface area (TPSA) is 71.1 Å². The van der Waals surface area contributed by atoms with Crippen molar-refractivity contribution in [3.8, 4) is 0 Å². The Balaban J connectivity index is 2.48. The van der Waals surface area contributed by atoms with Crippen LogP contribution in [0.25, 0.3) is 0 Å². The van der Waals surface area contributed by atoms with E-state index in [0.717, 1.165) is 11.3 Å². The van der Waals surface area contributed by atoms with Crippen LogP contribution in [0.15, 0.2) is 18.3 Å². The second-order valence-electron chi connectivity index (χ2n) is 3.55. The van der Waals surface area contributed by atoms with E-state index in [0.29, 0.717) is 13.1 Å². The van der Waals surface area contributed by atoms with Crippen LogP contribution in [-0.4, -0.2) is 32.7 Å². The van der Waals surface area contributed by atoms with E-state index >= 15 is 0 Å². The maximum absolute atomic E-state index is 11.5. The van der Waals surface area contributed by atoms with Crippen LogP contribution in [0.5, 0.6) is 0 Å². The van der Waals surface area contributed by atoms with E-state index in [2.05, 4.69) is 15.0 Å². The van der Waals surface area contributed by atoms with Crippen LogP contribution in [0.2, 0.25) is 0 Å². The molecule has 1 aromatic rings. The lowest BCUT2D eigenvalue weighted by Gasteiger charge is -2.06. The molecule has 0 amide bonds. The molecule has 0 unspecified atom stereocenters. The summed E-state index contributed by atoms with van der Waals surface area (Å²) in [6, 6.07) is 3.72. The van der Waals surface area contributed by atoms with Crippen molar-refractivity contribution in [2.75, 3.05) is 19.3 Å². The lowest BCUT2D eigenvalue weighted by atomic mass is 10.2. The summed E-state index contributed by atoms with van der Waals surface area (Å²) in [7, 11) is -1.47. The molecule has 1 heterocycles. The number of hydrogen-bond donors (Lipinski definition) is 2. The molecule has 0 saturated heterocycles. The van der Waals surface area contributed by atoms with Crippen molar-refractivity contribution in [1.29, 1.82) is 0 Å². The number of aryl methyl sites for hydroxylation is 1. The highest BCUT2D eigenvalue weighted by Gasteiger charge is 2.08. The molecule has 1 rings (SSSR count). The van der Waals surface area contributed by atoms with E-state index < -0.39 is 10.0 Å². The van der Waals surface area contributed by atoms with Gasteiger partial charge in [-0.3, -0.25) is 4.98 Å². The van der Waals surface area contributed by atoms with Crippen molar-refractivity contribution >= 4 is 10.0 Å². The van der Waals surface area contributed by atoms with Crippen LogP contribution in [-0.2, 0) is 16.6 Å². The fourth-order valence-corrected chi connectivity index (χ4v) is 2.11. The fraction of sp³-hybridized carbons (Fsp3) is 0.500. The maximum atomic E-state index is 11.5. The monoisotopic (exact) mass is 243 g/mol. The molecule has 0 aliphatic carbocycles. The van der Waals surface area contributed by atoms with Crippen LogP contribution in [0.4, 0.5) is 0 Å². The van der Waals surface area contributed by atoms with E-state index in [1.165, 1.54) is 0 Å². The van der Waals surface area contributed by atoms with Gasteiger partial charge in [0.1, 0.15) is 0 Å². The molecule has 5 nitrogen and oxygen atoms in total. The van der Waals surface area contributed by atoms with Crippen molar-refractivity contribution in [2.24, 2.45) is 0 Å². The molecule has 0 aromatic carbocycles. The SMILES string of the molecule is CNCCS(=O)(=O)NCc1ccc(C)nc1. The molecule has 16 heavy (non-hydrogen) atoms. The number of sulfonamides is 1. The Morgan fingerprint density at radius 3 is 2.69 bits per heavy atom. The third-order valence-corrected chi connectivity index (χ3v) is 3.42. The molecule has 6 heteroatoms. The number of nitrogens with zero attached hydrogens (tertiary/aromatic N) is 1. The van der Waals surface area contributed by atoms with Crippen LogP contribution in [0.3, 0.4) is 0 Å². The lowest BCUT2D eigenvalue weighted by molar-refractivity contribution is 0.579. The number of hydrogen-bond acceptors (Lipinski definition) is 4. The Morgan fingerprint density at radius 1 is 1.38 bits per heavy atom. The van der Waals surface area contributed by atoms with Crippen LogP contribution < -0.4 is 10.0 Å². The van der Waals surface area contributed by atoms with Crippen molar-refractivity contribution in [2.45, 2.75) is 13.5 Å². The maximum Gasteiger partial charge on any atom is 0.213 e. The van der Waals surface area contributed by atoms with Crippen molar-refractivity contribution in [3.63, 3.8) is 0 Å². The Labute approximate surface area is 96.3 Å². The Morgan fingerprint density at radius 2 is 2.12 bits per heavy atom. The lowest BCUT2D eigenvalue weighted by Crippen LogP contribution is -2.30. The summed E-state index contributed by atoms with van der Waals surface area (Å²) in [4.78, 5) is 4.09. The molecule has 2 N–H and O–H groups in total. The van der Waals surface area contributed by atoms with E-state index in [1.54, 1.807) is 13.2 Å². The first-order valence-corrected chi connectivity index (χ1v) is 6.72. The zero-order valence-corrected chi connectivity index (χ0v) is 10.3. The standard InChI is InChI=1S/C10H17N3O2S/c1-9-3-4-10(7-12-9)8-13-16(14,15)6-5-11-2/h3-4,7,11,13H,5-6,8H2,1-2H3. The van der Waals surface area contributed by atoms with Crippen molar-refractivity contribution in [1.82, 2.24) is 15.0 Å². The molecular weight excluding hydrogens is 226 g/mol. The smallest absolute Gasteiger partial charge is 0.213 e. The van der Waals surface area contributed by atoms with E-state index in [-0.39, 0.29) is 5.75 Å². The molecule has 0 spiro atoms. The molecule has 0 radical (unpaired) electrons. The highest BCUT2D eigenvalue weighted by atomic mass is 32.2. The summed E-state index contributed by atoms with van der Waals surface area (Å²) >= 11 is 0. The second kappa shape index (κ2) is 5.93. The summed E-state index contributed by atoms with van der Waals surface area (Å²) in [5.74, 6) is 0.0861. The molecule has 0 fully saturated rings. The van der Waals surface area contributed by atoms with Gasteiger partial charge in [-0.2, -0.15) is 0 Å². The van der Waals surface area contributed by atoms with Gasteiger partial charge in [-0.15, -0.1) is 0 Å². The van der Waals surface area contributed by atoms with Gasteiger partial charge in [0.05, 0.1) is 5.75 Å². The third-order valence-electron chi connectivity index (χ3n) is 2.09. The van der Waals surface area contributed by atoms with E-state index in [4.69, 9.17) is 0 Å². The zero-order valence-electron chi connectivity index (χ0n) is 9.53. The van der Waals surface area contributed by atoms with Gasteiger partial charge in [0.25, 0.3) is 0 Å². The van der Waals surface area contributed by atoms with Gasteiger partial charge in [0, 0.05) is 25.0 Å². The average Bonchev–Trinajstić information content (AvgIpc) is 2.26. The number of nitrogens with one attached hydrogen (secondary N) is 2. The van der Waals surface area contributed by atoms with Crippen LogP contribution in [0.1, 0.15) is 11.3 Å². The van der Waals surface area contributed by atoms with E-state index in [9.17, 15) is 8.42 Å². The number of pyridine rings is 1. The van der Waals surface area contributed by atoms with Crippen LogP contribution >= 0.6 is 0 Å². The summed E-state index contributed by atoms with van der Waals surface area (Å²) in [6.07, 6.45) is 1.68. The van der Waals surface area contributed by atoms with Gasteiger partial charge in [0.2, 0.25) is 10.0 Å². The average molecular weight is 243 g/mol. The van der Waals surface area contributed by atoms with E-state index in [1.807, 2.05) is 19.1 Å². The van der Waals surface area contributed by atoms with Crippen molar-refractivity contribution < 1.29 is 8.42 Å². The first-order chi connectivity index (χ1) is 7.53. The van der Waals surface area contributed by atoms with Crippen LogP contribution in [0, 0.1) is 6.92 Å². The van der Waals surface area contributed by atoms with Crippen molar-refractivity contribution in [3.05, 3.63) is 29.6 Å². The normalized spacial score (nSPS) is 11.6. The molecule has 0 atom stereocenters. The number of aromatic nitrogens is 1. The molecule has 0 aliphatic heterocycles. The summed E-state index contributed by atoms with van der Waals surface area (Å²) < 4.78 is 25.4. The summed E-state index contributed by atoms with van der Waals surface area (Å²) in [5.41, 5.74) is 1.78. The quantitative estimate of drug-likeness (QED) is 0.739. The minimum atomic E-state index is -3.19. The largest absolute Gasteiger partial charge is 0.319 e. The highest BCUT2D eigenvalue weighted by molar-refractivity contribution is 7.89. The van der Waals surface area contributed by atoms with Gasteiger partial charge in [-0.05, 0) is 25.6 Å². The zero-order chi connectivity index (χ0) is 12.0. The van der Waals surface area contributed by atoms with Gasteiger partial charge < -0.3 is 5.32 Å². The Bertz CT molecular complexity index is 414. The van der Waals surface area contributed by atoms with Gasteiger partial charge >= 0.3 is 0 Å². The first kappa shape index (κ1) is 13.1. The molecule has 0 aliphatic rings. The molecule has 90 valence electrons. The third kappa shape index (κ3) is 4.69. The fourth-order valence-electron chi connectivity index (χ4n) is 1.10. The Kier molecular flexibility index (Phi) is 4.85. The van der Waals surface area contributed by atoms with Gasteiger partial charge in [0.15, 0.2) is 0 Å². The second-order valence-corrected chi connectivity index (χ2v) is 5.48. The summed E-state index contributed by atoms with van der Waals surface area (Å²) in [6.45, 7) is 2.63. The summed E-state index contributed by atoms with van der Waals surface area (Å²) in [5, 5.41) is 2.80. The molecular formula is C10H17N3O2S. The highest BCUT2D eigenvalue weighted by Crippen LogP contribution is 1.99. The van der Waals surface area contributed by atoms with Gasteiger partial charge in [-0.25, -0.2) is 13.1 Å². The number of rotatable bonds is 6. The minimum Gasteiger partial charge on any atom is -0.319 e. The molecule has 0 bridgehead atoms. The van der Waals surface area contributed by atoms with Gasteiger partial charge in [-0.1, -0.05) is 6.07 Å². The molecule has 0 saturated carbocycles. The molecule has 1 aromatic heterocycles. The first-order valence-electron chi connectivity index (χ1n) is 5.07. The minimum absolute atomic E-state index is 0.0861. The predicted octanol–water partition coefficient (Wildman–Crippen LogP) is 0.0288. The Hall–Kier alpha value is -0.980.